The van der Waals surface area contributed by atoms with Gasteiger partial charge in [-0.3, -0.25) is 4.79 Å². The summed E-state index contributed by atoms with van der Waals surface area (Å²) in [4.78, 5) is 14.7. The summed E-state index contributed by atoms with van der Waals surface area (Å²) in [5.74, 6) is 2.17. The zero-order valence-corrected chi connectivity index (χ0v) is 13.8. The molecule has 1 aromatic carbocycles. The third kappa shape index (κ3) is 2.94. The smallest absolute Gasteiger partial charge is 0.265 e. The van der Waals surface area contributed by atoms with Crippen molar-refractivity contribution in [3.8, 4) is 0 Å². The van der Waals surface area contributed by atoms with E-state index in [4.69, 9.17) is 5.73 Å². The van der Waals surface area contributed by atoms with Crippen molar-refractivity contribution in [2.45, 2.75) is 26.0 Å². The van der Waals surface area contributed by atoms with Crippen LogP contribution in [0.1, 0.15) is 31.2 Å². The maximum Gasteiger partial charge on any atom is 0.265 e. The van der Waals surface area contributed by atoms with E-state index in [-0.39, 0.29) is 5.91 Å². The fraction of sp³-hybridized carbons (Fsp3) is 0.312. The highest BCUT2D eigenvalue weighted by atomic mass is 32.2. The minimum atomic E-state index is -0.0182. The van der Waals surface area contributed by atoms with Crippen molar-refractivity contribution in [2.24, 2.45) is 0 Å². The number of benzene rings is 1. The Balaban J connectivity index is 1.85. The number of carbonyl (C=O) groups is 1. The molecule has 0 atom stereocenters. The molecule has 0 fully saturated rings. The number of thioether (sulfide) groups is 1. The van der Waals surface area contributed by atoms with Crippen molar-refractivity contribution in [2.75, 3.05) is 16.8 Å². The number of aryl methyl sites for hydroxylation is 3. The number of hydrogen-bond donors (Lipinski definition) is 2. The fourth-order valence-electron chi connectivity index (χ4n) is 2.63. The maximum atomic E-state index is 12.5. The van der Waals surface area contributed by atoms with Gasteiger partial charge in [0.15, 0.2) is 0 Å². The molecule has 0 saturated heterocycles. The second-order valence-electron chi connectivity index (χ2n) is 5.35. The van der Waals surface area contributed by atoms with Crippen molar-refractivity contribution < 1.29 is 4.79 Å². The largest absolute Gasteiger partial charge is 0.399 e. The third-order valence-electron chi connectivity index (χ3n) is 3.65. The number of carbonyl (C=O) groups excluding carboxylic acids is 1. The molecule has 0 radical (unpaired) electrons. The molecule has 0 unspecified atom stereocenters. The number of nitrogens with one attached hydrogen (secondary N) is 1. The van der Waals surface area contributed by atoms with Crippen molar-refractivity contribution in [1.29, 1.82) is 0 Å². The van der Waals surface area contributed by atoms with Gasteiger partial charge in [0.2, 0.25) is 0 Å². The summed E-state index contributed by atoms with van der Waals surface area (Å²) in [6.45, 7) is 3.93. The minimum absolute atomic E-state index is 0.0182. The lowest BCUT2D eigenvalue weighted by Crippen LogP contribution is -2.12. The zero-order chi connectivity index (χ0) is 15.0. The molecule has 1 aliphatic rings. The van der Waals surface area contributed by atoms with Crippen molar-refractivity contribution in [3.63, 3.8) is 0 Å². The molecular formula is C16H18N2OS2. The zero-order valence-electron chi connectivity index (χ0n) is 12.2. The molecule has 1 amide bonds. The monoisotopic (exact) mass is 318 g/mol. The number of nitrogen functional groups attached to an aromatic ring is 1. The van der Waals surface area contributed by atoms with Crippen LogP contribution in [0, 0.1) is 13.8 Å². The van der Waals surface area contributed by atoms with Crippen molar-refractivity contribution in [1.82, 2.24) is 0 Å². The van der Waals surface area contributed by atoms with E-state index in [1.807, 2.05) is 43.8 Å². The summed E-state index contributed by atoms with van der Waals surface area (Å²) >= 11 is 3.56. The van der Waals surface area contributed by atoms with Gasteiger partial charge in [-0.1, -0.05) is 0 Å². The molecule has 2 heterocycles. The lowest BCUT2D eigenvalue weighted by atomic mass is 10.1. The average Bonchev–Trinajstić information content (AvgIpc) is 2.86. The van der Waals surface area contributed by atoms with E-state index in [9.17, 15) is 4.79 Å². The van der Waals surface area contributed by atoms with E-state index in [2.05, 4.69) is 5.32 Å². The predicted molar refractivity (Wildman–Crippen MR) is 92.5 cm³/mol. The topological polar surface area (TPSA) is 55.1 Å². The Hall–Kier alpha value is -1.46. The molecule has 1 aliphatic heterocycles. The first kappa shape index (κ1) is 14.5. The Bertz CT molecular complexity index is 660. The maximum absolute atomic E-state index is 12.5. The number of nitrogens with two attached hydrogens (primary N) is 1. The van der Waals surface area contributed by atoms with E-state index in [0.717, 1.165) is 45.3 Å². The van der Waals surface area contributed by atoms with Crippen molar-refractivity contribution >= 4 is 40.4 Å². The Kier molecular flexibility index (Phi) is 3.95. The van der Waals surface area contributed by atoms with Crippen LogP contribution < -0.4 is 11.1 Å². The van der Waals surface area contributed by atoms with Gasteiger partial charge in [0.05, 0.1) is 4.88 Å². The first-order valence-electron chi connectivity index (χ1n) is 6.92. The summed E-state index contributed by atoms with van der Waals surface area (Å²) in [6, 6.07) is 5.82. The molecule has 3 rings (SSSR count). The summed E-state index contributed by atoms with van der Waals surface area (Å²) in [5.41, 5.74) is 10.7. The molecule has 0 spiro atoms. The summed E-state index contributed by atoms with van der Waals surface area (Å²) in [5, 5.41) is 3.04. The molecule has 110 valence electrons. The second kappa shape index (κ2) is 5.73. The quantitative estimate of drug-likeness (QED) is 0.823. The number of rotatable bonds is 2. The van der Waals surface area contributed by atoms with Crippen LogP contribution in [0.4, 0.5) is 11.4 Å². The number of thiophene rings is 1. The Morgan fingerprint density at radius 2 is 1.95 bits per heavy atom. The molecule has 1 aromatic heterocycles. The molecule has 21 heavy (non-hydrogen) atoms. The van der Waals surface area contributed by atoms with Gasteiger partial charge < -0.3 is 11.1 Å². The third-order valence-corrected chi connectivity index (χ3v) is 5.89. The van der Waals surface area contributed by atoms with E-state index < -0.39 is 0 Å². The lowest BCUT2D eigenvalue weighted by molar-refractivity contribution is 0.103. The van der Waals surface area contributed by atoms with Crippen LogP contribution in [-0.2, 0) is 12.2 Å². The van der Waals surface area contributed by atoms with Crippen LogP contribution in [0.5, 0.6) is 0 Å². The number of amides is 1. The first-order valence-corrected chi connectivity index (χ1v) is 8.89. The van der Waals surface area contributed by atoms with Gasteiger partial charge >= 0.3 is 0 Å². The normalized spacial score (nSPS) is 13.8. The van der Waals surface area contributed by atoms with Gasteiger partial charge in [-0.2, -0.15) is 11.8 Å². The Morgan fingerprint density at radius 1 is 1.24 bits per heavy atom. The highest BCUT2D eigenvalue weighted by Gasteiger charge is 2.18. The van der Waals surface area contributed by atoms with Gasteiger partial charge in [-0.15, -0.1) is 11.3 Å². The highest BCUT2D eigenvalue weighted by molar-refractivity contribution is 7.98. The number of hydrogen-bond acceptors (Lipinski definition) is 4. The van der Waals surface area contributed by atoms with Crippen LogP contribution in [0.2, 0.25) is 0 Å². The Morgan fingerprint density at radius 3 is 2.62 bits per heavy atom. The molecule has 0 aliphatic carbocycles. The van der Waals surface area contributed by atoms with Crippen LogP contribution in [0.3, 0.4) is 0 Å². The average molecular weight is 318 g/mol. The molecule has 0 bridgehead atoms. The number of fused-ring (bicyclic) bond motifs is 1. The van der Waals surface area contributed by atoms with E-state index >= 15 is 0 Å². The van der Waals surface area contributed by atoms with Gasteiger partial charge in [-0.25, -0.2) is 0 Å². The molecule has 5 heteroatoms. The molecule has 0 saturated carbocycles. The molecule has 2 aromatic rings. The molecular weight excluding hydrogens is 300 g/mol. The Labute approximate surface area is 132 Å². The molecule has 3 nitrogen and oxygen atoms in total. The predicted octanol–water partition coefficient (Wildman–Crippen LogP) is 3.99. The van der Waals surface area contributed by atoms with Gasteiger partial charge in [0, 0.05) is 22.0 Å². The summed E-state index contributed by atoms with van der Waals surface area (Å²) < 4.78 is 0. The fourth-order valence-corrected chi connectivity index (χ4v) is 4.90. The number of anilines is 2. The van der Waals surface area contributed by atoms with Crippen LogP contribution in [0.15, 0.2) is 18.2 Å². The summed E-state index contributed by atoms with van der Waals surface area (Å²) in [7, 11) is 0. The standard InChI is InChI=1S/C16H18N2OS2/c1-9-5-12(17)6-10(2)15(9)18-16(19)14-7-11-8-20-4-3-13(11)21-14/h5-7H,3-4,8,17H2,1-2H3,(H,18,19). The van der Waals surface area contributed by atoms with E-state index in [0.29, 0.717) is 0 Å². The molecule has 3 N–H and O–H groups in total. The van der Waals surface area contributed by atoms with Gasteiger partial charge in [0.25, 0.3) is 5.91 Å². The SMILES string of the molecule is Cc1cc(N)cc(C)c1NC(=O)c1cc2c(s1)CCSC2. The van der Waals surface area contributed by atoms with Crippen molar-refractivity contribution in [3.05, 3.63) is 44.6 Å². The second-order valence-corrected chi connectivity index (χ2v) is 7.59. The highest BCUT2D eigenvalue weighted by Crippen LogP contribution is 2.32. The van der Waals surface area contributed by atoms with Crippen LogP contribution in [-0.4, -0.2) is 11.7 Å². The first-order chi connectivity index (χ1) is 10.0. The van der Waals surface area contributed by atoms with Gasteiger partial charge in [-0.05, 0) is 60.9 Å². The minimum Gasteiger partial charge on any atom is -0.399 e. The lowest BCUT2D eigenvalue weighted by Gasteiger charge is -2.12. The van der Waals surface area contributed by atoms with E-state index in [1.165, 1.54) is 10.4 Å². The van der Waals surface area contributed by atoms with Gasteiger partial charge in [0.1, 0.15) is 0 Å². The van der Waals surface area contributed by atoms with Crippen LogP contribution >= 0.6 is 23.1 Å². The summed E-state index contributed by atoms with van der Waals surface area (Å²) in [6.07, 6.45) is 1.08. The van der Waals surface area contributed by atoms with Crippen LogP contribution in [0.25, 0.3) is 0 Å². The van der Waals surface area contributed by atoms with E-state index in [1.54, 1.807) is 11.3 Å².